The number of nitrogens with one attached hydrogen (secondary N) is 2. The second kappa shape index (κ2) is 10.9. The lowest BCUT2D eigenvalue weighted by Gasteiger charge is -2.37. The number of benzene rings is 1. The summed E-state index contributed by atoms with van der Waals surface area (Å²) in [5, 5.41) is 13.9. The number of para-hydroxylation sites is 1. The van der Waals surface area contributed by atoms with Gasteiger partial charge in [0.2, 0.25) is 0 Å². The number of fused-ring (bicyclic) bond motifs is 1. The number of piperidine rings is 1. The number of likely N-dealkylation sites (tertiary alicyclic amines) is 1. The number of Topliss-reactive ketones (excluding diaryl/α,β-unsaturated/α-hetero) is 1. The summed E-state index contributed by atoms with van der Waals surface area (Å²) in [6, 6.07) is 9.72. The molecule has 1 aliphatic rings. The number of amides is 1. The van der Waals surface area contributed by atoms with Crippen LogP contribution in [0.25, 0.3) is 10.9 Å². The molecule has 1 amide bonds. The molecule has 2 atom stereocenters. The third kappa shape index (κ3) is 5.19. The number of methoxy groups -OCH3 is 1. The summed E-state index contributed by atoms with van der Waals surface area (Å²) < 4.78 is 7.59. The molecule has 0 radical (unpaired) electrons. The normalized spacial score (nSPS) is 16.5. The number of carbonyl (C=O) groups is 2. The molecule has 0 aliphatic carbocycles. The van der Waals surface area contributed by atoms with Gasteiger partial charge in [-0.25, -0.2) is 0 Å². The van der Waals surface area contributed by atoms with Crippen LogP contribution in [0.15, 0.2) is 35.1 Å². The summed E-state index contributed by atoms with van der Waals surface area (Å²) >= 11 is 0. The molecule has 37 heavy (non-hydrogen) atoms. The molecule has 2 aromatic heterocycles. The SMILES string of the molecule is COc1cc(C)[nH]c(=O)c1CNC(=O)c1c(C)n([C@H](C)C2CCN(C(O)C(C)=O)CC2)c2ccccc12. The molecule has 1 aromatic carbocycles. The highest BCUT2D eigenvalue weighted by molar-refractivity contribution is 6.08. The summed E-state index contributed by atoms with van der Waals surface area (Å²) in [4.78, 5) is 42.1. The van der Waals surface area contributed by atoms with Crippen molar-refractivity contribution < 1.29 is 19.4 Å². The van der Waals surface area contributed by atoms with Crippen LogP contribution in [0.2, 0.25) is 0 Å². The van der Waals surface area contributed by atoms with E-state index in [0.29, 0.717) is 41.6 Å². The fourth-order valence-corrected chi connectivity index (χ4v) is 5.61. The van der Waals surface area contributed by atoms with Crippen molar-refractivity contribution in [2.75, 3.05) is 20.2 Å². The number of aliphatic hydroxyl groups excluding tert-OH is 1. The highest BCUT2D eigenvalue weighted by Gasteiger charge is 2.31. The van der Waals surface area contributed by atoms with Crippen molar-refractivity contribution in [1.29, 1.82) is 0 Å². The van der Waals surface area contributed by atoms with Gasteiger partial charge in [0.05, 0.1) is 24.8 Å². The molecule has 1 fully saturated rings. The fourth-order valence-electron chi connectivity index (χ4n) is 5.61. The lowest BCUT2D eigenvalue weighted by molar-refractivity contribution is -0.136. The number of carbonyl (C=O) groups excluding carboxylic acids is 2. The van der Waals surface area contributed by atoms with Crippen LogP contribution >= 0.6 is 0 Å². The van der Waals surface area contributed by atoms with Gasteiger partial charge in [-0.1, -0.05) is 18.2 Å². The van der Waals surface area contributed by atoms with E-state index >= 15 is 0 Å². The third-order valence-corrected chi connectivity index (χ3v) is 7.63. The summed E-state index contributed by atoms with van der Waals surface area (Å²) in [5.74, 6) is 0.285. The van der Waals surface area contributed by atoms with Crippen molar-refractivity contribution in [2.45, 2.75) is 59.4 Å². The smallest absolute Gasteiger partial charge is 0.256 e. The Morgan fingerprint density at radius 2 is 1.89 bits per heavy atom. The number of ether oxygens (including phenoxy) is 1. The molecule has 1 saturated heterocycles. The highest BCUT2D eigenvalue weighted by Crippen LogP contribution is 2.36. The topological polar surface area (TPSA) is 117 Å². The molecule has 3 N–H and O–H groups in total. The van der Waals surface area contributed by atoms with Crippen LogP contribution in [0, 0.1) is 19.8 Å². The Morgan fingerprint density at radius 1 is 1.22 bits per heavy atom. The molecular formula is C28H36N4O5. The zero-order valence-electron chi connectivity index (χ0n) is 22.1. The maximum Gasteiger partial charge on any atom is 0.256 e. The minimum atomic E-state index is -1.04. The summed E-state index contributed by atoms with van der Waals surface area (Å²) in [6.45, 7) is 8.65. The van der Waals surface area contributed by atoms with Crippen LogP contribution in [0.1, 0.15) is 60.0 Å². The van der Waals surface area contributed by atoms with Crippen molar-refractivity contribution in [1.82, 2.24) is 19.8 Å². The van der Waals surface area contributed by atoms with E-state index in [0.717, 1.165) is 29.4 Å². The Bertz CT molecular complexity index is 1370. The molecule has 0 bridgehead atoms. The molecule has 198 valence electrons. The number of rotatable bonds is 8. The number of aromatic nitrogens is 2. The van der Waals surface area contributed by atoms with Gasteiger partial charge in [-0.05, 0) is 58.6 Å². The average molecular weight is 509 g/mol. The second-order valence-corrected chi connectivity index (χ2v) is 9.96. The standard InChI is InChI=1S/C28H36N4O5/c1-16-14-24(37-5)22(26(34)30-16)15-29-27(35)25-18(3)32(23-9-7-6-8-21(23)25)17(2)20-10-12-31(13-11-20)28(36)19(4)33/h6-9,14,17,20,28,36H,10-13,15H2,1-5H3,(H,29,35)(H,30,34)/t17-,28?/m1/s1. The van der Waals surface area contributed by atoms with Crippen LogP contribution in [0.5, 0.6) is 5.75 Å². The number of aliphatic hydroxyl groups is 1. The summed E-state index contributed by atoms with van der Waals surface area (Å²) in [6.07, 6.45) is 0.643. The molecular weight excluding hydrogens is 472 g/mol. The van der Waals surface area contributed by atoms with Crippen molar-refractivity contribution in [3.05, 3.63) is 63.2 Å². The fraction of sp³-hybridized carbons (Fsp3) is 0.464. The van der Waals surface area contributed by atoms with E-state index in [1.54, 1.807) is 13.0 Å². The zero-order valence-corrected chi connectivity index (χ0v) is 22.1. The number of nitrogens with zero attached hydrogens (tertiary/aromatic N) is 2. The Kier molecular flexibility index (Phi) is 7.85. The van der Waals surface area contributed by atoms with E-state index in [1.165, 1.54) is 14.0 Å². The monoisotopic (exact) mass is 508 g/mol. The number of H-pyrrole nitrogens is 1. The molecule has 3 aromatic rings. The minimum absolute atomic E-state index is 0.0447. The van der Waals surface area contributed by atoms with Crippen LogP contribution in [0.3, 0.4) is 0 Å². The van der Waals surface area contributed by atoms with E-state index in [4.69, 9.17) is 4.74 Å². The lowest BCUT2D eigenvalue weighted by Crippen LogP contribution is -2.45. The van der Waals surface area contributed by atoms with E-state index in [2.05, 4.69) is 21.8 Å². The second-order valence-electron chi connectivity index (χ2n) is 9.96. The van der Waals surface area contributed by atoms with Crippen molar-refractivity contribution in [3.63, 3.8) is 0 Å². The van der Waals surface area contributed by atoms with Gasteiger partial charge in [0.25, 0.3) is 11.5 Å². The maximum atomic E-state index is 13.5. The summed E-state index contributed by atoms with van der Waals surface area (Å²) in [5.41, 5.74) is 3.21. The first-order chi connectivity index (χ1) is 17.6. The molecule has 0 spiro atoms. The Morgan fingerprint density at radius 3 is 2.54 bits per heavy atom. The van der Waals surface area contributed by atoms with Crippen LogP contribution in [-0.2, 0) is 11.3 Å². The number of ketones is 1. The van der Waals surface area contributed by atoms with Gasteiger partial charge < -0.3 is 24.7 Å². The van der Waals surface area contributed by atoms with E-state index in [9.17, 15) is 19.5 Å². The van der Waals surface area contributed by atoms with Crippen LogP contribution < -0.4 is 15.6 Å². The molecule has 0 saturated carbocycles. The Balaban J connectivity index is 1.59. The predicted molar refractivity (Wildman–Crippen MR) is 142 cm³/mol. The van der Waals surface area contributed by atoms with Crippen LogP contribution in [-0.4, -0.2) is 57.7 Å². The minimum Gasteiger partial charge on any atom is -0.496 e. The number of aromatic amines is 1. The third-order valence-electron chi connectivity index (χ3n) is 7.63. The average Bonchev–Trinajstić information content (AvgIpc) is 3.18. The number of pyridine rings is 1. The zero-order chi connectivity index (χ0) is 26.9. The predicted octanol–water partition coefficient (Wildman–Crippen LogP) is 3.07. The maximum absolute atomic E-state index is 13.5. The van der Waals surface area contributed by atoms with E-state index in [-0.39, 0.29) is 29.8 Å². The first-order valence-electron chi connectivity index (χ1n) is 12.7. The molecule has 9 nitrogen and oxygen atoms in total. The van der Waals surface area contributed by atoms with E-state index in [1.807, 2.05) is 36.1 Å². The van der Waals surface area contributed by atoms with Gasteiger partial charge in [0, 0.05) is 41.4 Å². The van der Waals surface area contributed by atoms with Gasteiger partial charge in [0.15, 0.2) is 12.0 Å². The van der Waals surface area contributed by atoms with Gasteiger partial charge in [-0.3, -0.25) is 19.3 Å². The molecule has 9 heteroatoms. The first-order valence-corrected chi connectivity index (χ1v) is 12.7. The number of hydrogen-bond donors (Lipinski definition) is 3. The number of aryl methyl sites for hydroxylation is 1. The molecule has 3 heterocycles. The summed E-state index contributed by atoms with van der Waals surface area (Å²) in [7, 11) is 1.50. The van der Waals surface area contributed by atoms with Gasteiger partial charge in [0.1, 0.15) is 5.75 Å². The quantitative estimate of drug-likeness (QED) is 0.431. The van der Waals surface area contributed by atoms with Crippen LogP contribution in [0.4, 0.5) is 0 Å². The van der Waals surface area contributed by atoms with Crippen molar-refractivity contribution in [3.8, 4) is 5.75 Å². The molecule has 1 unspecified atom stereocenters. The number of hydrogen-bond acceptors (Lipinski definition) is 6. The molecule has 4 rings (SSSR count). The van der Waals surface area contributed by atoms with Gasteiger partial charge >= 0.3 is 0 Å². The highest BCUT2D eigenvalue weighted by atomic mass is 16.5. The van der Waals surface area contributed by atoms with Crippen molar-refractivity contribution in [2.24, 2.45) is 5.92 Å². The molecule has 1 aliphatic heterocycles. The Labute approximate surface area is 216 Å². The van der Waals surface area contributed by atoms with Gasteiger partial charge in [-0.15, -0.1) is 0 Å². The van der Waals surface area contributed by atoms with E-state index < -0.39 is 6.23 Å². The lowest BCUT2D eigenvalue weighted by atomic mass is 9.89. The van der Waals surface area contributed by atoms with Gasteiger partial charge in [-0.2, -0.15) is 0 Å². The first kappa shape index (κ1) is 26.6. The largest absolute Gasteiger partial charge is 0.496 e. The van der Waals surface area contributed by atoms with Crippen molar-refractivity contribution >= 4 is 22.6 Å². The Hall–Kier alpha value is -3.43.